The van der Waals surface area contributed by atoms with E-state index in [0.29, 0.717) is 34.3 Å². The fourth-order valence-corrected chi connectivity index (χ4v) is 4.34. The van der Waals surface area contributed by atoms with Crippen LogP contribution in [0.3, 0.4) is 0 Å². The molecule has 188 valence electrons. The second kappa shape index (κ2) is 10.1. The van der Waals surface area contributed by atoms with Crippen molar-refractivity contribution in [2.75, 3.05) is 17.7 Å². The second-order valence-corrected chi connectivity index (χ2v) is 8.65. The number of carbonyl (C=O) groups is 1. The first-order valence-corrected chi connectivity index (χ1v) is 11.7. The minimum absolute atomic E-state index is 0.0477. The third kappa shape index (κ3) is 4.75. The third-order valence-electron chi connectivity index (χ3n) is 6.28. The Morgan fingerprint density at radius 1 is 1.08 bits per heavy atom. The number of para-hydroxylation sites is 1. The summed E-state index contributed by atoms with van der Waals surface area (Å²) in [5.74, 6) is 0.828. The molecule has 0 bridgehead atoms. The van der Waals surface area contributed by atoms with Crippen molar-refractivity contribution < 1.29 is 18.7 Å². The van der Waals surface area contributed by atoms with E-state index in [9.17, 15) is 9.18 Å². The van der Waals surface area contributed by atoms with Gasteiger partial charge in [0.05, 0.1) is 12.7 Å². The van der Waals surface area contributed by atoms with Crippen LogP contribution in [0.5, 0.6) is 11.5 Å². The van der Waals surface area contributed by atoms with E-state index in [2.05, 4.69) is 20.7 Å². The number of nitrogens with zero attached hydrogens (tertiary/aromatic N) is 3. The Morgan fingerprint density at radius 2 is 1.86 bits per heavy atom. The summed E-state index contributed by atoms with van der Waals surface area (Å²) in [7, 11) is 1.53. The molecule has 0 fully saturated rings. The highest BCUT2D eigenvalue weighted by molar-refractivity contribution is 6.06. The number of nitrogens with one attached hydrogen (secondary N) is 2. The molecule has 3 aromatic carbocycles. The van der Waals surface area contributed by atoms with Crippen molar-refractivity contribution in [3.05, 3.63) is 107 Å². The van der Waals surface area contributed by atoms with E-state index < -0.39 is 6.04 Å². The molecule has 0 saturated carbocycles. The largest absolute Gasteiger partial charge is 0.493 e. The van der Waals surface area contributed by atoms with Gasteiger partial charge in [0.2, 0.25) is 5.95 Å². The first-order chi connectivity index (χ1) is 18.0. The molecular weight excluding hydrogens is 473 g/mol. The van der Waals surface area contributed by atoms with E-state index in [1.807, 2.05) is 44.2 Å². The van der Waals surface area contributed by atoms with E-state index in [0.717, 1.165) is 16.8 Å². The topological polar surface area (TPSA) is 90.3 Å². The molecule has 2 N–H and O–H groups in total. The van der Waals surface area contributed by atoms with Crippen molar-refractivity contribution >= 4 is 17.5 Å². The van der Waals surface area contributed by atoms with Gasteiger partial charge >= 0.3 is 0 Å². The van der Waals surface area contributed by atoms with Gasteiger partial charge in [-0.3, -0.25) is 4.79 Å². The van der Waals surface area contributed by atoms with Gasteiger partial charge in [0, 0.05) is 16.9 Å². The van der Waals surface area contributed by atoms with Crippen molar-refractivity contribution in [2.24, 2.45) is 0 Å². The molecule has 1 aliphatic heterocycles. The van der Waals surface area contributed by atoms with Gasteiger partial charge in [-0.1, -0.05) is 42.5 Å². The molecule has 4 aromatic rings. The van der Waals surface area contributed by atoms with Gasteiger partial charge in [-0.15, -0.1) is 0 Å². The molecule has 37 heavy (non-hydrogen) atoms. The van der Waals surface area contributed by atoms with Crippen LogP contribution >= 0.6 is 0 Å². The van der Waals surface area contributed by atoms with Crippen molar-refractivity contribution in [3.8, 4) is 11.5 Å². The van der Waals surface area contributed by atoms with E-state index in [-0.39, 0.29) is 18.3 Å². The fraction of sp³-hybridized carbons (Fsp3) is 0.179. The molecule has 0 spiro atoms. The molecule has 2 heterocycles. The van der Waals surface area contributed by atoms with Crippen molar-refractivity contribution in [1.29, 1.82) is 0 Å². The number of benzene rings is 3. The SMILES string of the molecule is COc1cc([C@H]2C(C(=O)Nc3ccccc3C)=C(C)Nc3ncnn32)ccc1OCc1ccccc1F. The minimum atomic E-state index is -0.572. The second-order valence-electron chi connectivity index (χ2n) is 8.65. The minimum Gasteiger partial charge on any atom is -0.493 e. The number of aromatic nitrogens is 3. The van der Waals surface area contributed by atoms with Gasteiger partial charge in [0.25, 0.3) is 5.91 Å². The maximum Gasteiger partial charge on any atom is 0.255 e. The van der Waals surface area contributed by atoms with Crippen molar-refractivity contribution in [3.63, 3.8) is 0 Å². The predicted molar refractivity (Wildman–Crippen MR) is 138 cm³/mol. The van der Waals surface area contributed by atoms with Crippen LogP contribution in [0.1, 0.15) is 29.7 Å². The monoisotopic (exact) mass is 499 g/mol. The molecule has 0 radical (unpaired) electrons. The summed E-state index contributed by atoms with van der Waals surface area (Å²) in [4.78, 5) is 17.9. The van der Waals surface area contributed by atoms with Crippen LogP contribution < -0.4 is 20.1 Å². The van der Waals surface area contributed by atoms with Crippen LogP contribution in [0, 0.1) is 12.7 Å². The number of hydrogen-bond acceptors (Lipinski definition) is 6. The average Bonchev–Trinajstić information content (AvgIpc) is 3.36. The standard InChI is InChI=1S/C28H26FN5O3/c1-17-8-4-7-11-22(17)33-27(35)25-18(2)32-28-30-16-31-34(28)26(25)19-12-13-23(24(14-19)36-3)37-15-20-9-5-6-10-21(20)29/h4-14,16,26H,15H2,1-3H3,(H,33,35)(H,30,31,32)/t26-/m0/s1. The highest BCUT2D eigenvalue weighted by Gasteiger charge is 2.34. The Morgan fingerprint density at radius 3 is 2.65 bits per heavy atom. The zero-order chi connectivity index (χ0) is 25.9. The molecule has 0 saturated heterocycles. The van der Waals surface area contributed by atoms with Crippen LogP contribution in [0.2, 0.25) is 0 Å². The number of amides is 1. The summed E-state index contributed by atoms with van der Waals surface area (Å²) in [5, 5.41) is 10.6. The Hall–Kier alpha value is -4.66. The molecule has 9 heteroatoms. The molecule has 1 aliphatic rings. The number of hydrogen-bond donors (Lipinski definition) is 2. The number of ether oxygens (including phenoxy) is 2. The van der Waals surface area contributed by atoms with Gasteiger partial charge in [-0.25, -0.2) is 9.07 Å². The van der Waals surface area contributed by atoms with Crippen LogP contribution in [-0.4, -0.2) is 27.8 Å². The molecule has 5 rings (SSSR count). The van der Waals surface area contributed by atoms with E-state index in [1.54, 1.807) is 35.0 Å². The molecule has 1 amide bonds. The van der Waals surface area contributed by atoms with E-state index in [1.165, 1.54) is 19.5 Å². The molecule has 1 atom stereocenters. The lowest BCUT2D eigenvalue weighted by Crippen LogP contribution is -2.31. The number of methoxy groups -OCH3 is 1. The first-order valence-electron chi connectivity index (χ1n) is 11.7. The normalized spacial score (nSPS) is 14.5. The first kappa shape index (κ1) is 24.1. The number of carbonyl (C=O) groups excluding carboxylic acids is 1. The highest BCUT2D eigenvalue weighted by atomic mass is 19.1. The number of anilines is 2. The number of rotatable bonds is 7. The maximum absolute atomic E-state index is 14.1. The Balaban J connectivity index is 1.49. The molecule has 1 aromatic heterocycles. The van der Waals surface area contributed by atoms with Gasteiger partial charge in [0.15, 0.2) is 11.5 Å². The van der Waals surface area contributed by atoms with Gasteiger partial charge in [-0.05, 0) is 49.2 Å². The smallest absolute Gasteiger partial charge is 0.255 e. The molecule has 8 nitrogen and oxygen atoms in total. The zero-order valence-corrected chi connectivity index (χ0v) is 20.7. The lowest BCUT2D eigenvalue weighted by Gasteiger charge is -2.29. The average molecular weight is 500 g/mol. The Labute approximate surface area is 213 Å². The molecule has 0 unspecified atom stereocenters. The summed E-state index contributed by atoms with van der Waals surface area (Å²) < 4.78 is 27.2. The highest BCUT2D eigenvalue weighted by Crippen LogP contribution is 2.39. The number of allylic oxidation sites excluding steroid dienone is 1. The summed E-state index contributed by atoms with van der Waals surface area (Å²) in [6.07, 6.45) is 1.44. The number of halogens is 1. The lowest BCUT2D eigenvalue weighted by atomic mass is 9.94. The quantitative estimate of drug-likeness (QED) is 0.361. The van der Waals surface area contributed by atoms with Crippen LogP contribution in [0.15, 0.2) is 84.3 Å². The maximum atomic E-state index is 14.1. The summed E-state index contributed by atoms with van der Waals surface area (Å²) in [6.45, 7) is 3.82. The lowest BCUT2D eigenvalue weighted by molar-refractivity contribution is -0.113. The summed E-state index contributed by atoms with van der Waals surface area (Å²) >= 11 is 0. The van der Waals surface area contributed by atoms with Crippen LogP contribution in [0.25, 0.3) is 0 Å². The van der Waals surface area contributed by atoms with Crippen molar-refractivity contribution in [2.45, 2.75) is 26.5 Å². The van der Waals surface area contributed by atoms with E-state index >= 15 is 0 Å². The third-order valence-corrected chi connectivity index (χ3v) is 6.28. The Kier molecular flexibility index (Phi) is 6.59. The van der Waals surface area contributed by atoms with Crippen LogP contribution in [-0.2, 0) is 11.4 Å². The van der Waals surface area contributed by atoms with Crippen LogP contribution in [0.4, 0.5) is 16.0 Å². The zero-order valence-electron chi connectivity index (χ0n) is 20.7. The summed E-state index contributed by atoms with van der Waals surface area (Å²) in [6, 6.07) is 18.9. The summed E-state index contributed by atoms with van der Waals surface area (Å²) in [5.41, 5.74) is 4.02. The molecule has 0 aliphatic carbocycles. The fourth-order valence-electron chi connectivity index (χ4n) is 4.34. The number of aryl methyl sites for hydroxylation is 1. The van der Waals surface area contributed by atoms with Gasteiger partial charge in [0.1, 0.15) is 24.8 Å². The molecular formula is C28H26FN5O3. The predicted octanol–water partition coefficient (Wildman–Crippen LogP) is 5.24. The number of fused-ring (bicyclic) bond motifs is 1. The van der Waals surface area contributed by atoms with Crippen molar-refractivity contribution in [1.82, 2.24) is 14.8 Å². The van der Waals surface area contributed by atoms with Gasteiger partial charge in [-0.2, -0.15) is 10.1 Å². The van der Waals surface area contributed by atoms with Gasteiger partial charge < -0.3 is 20.1 Å². The Bertz CT molecular complexity index is 1500. The van der Waals surface area contributed by atoms with E-state index in [4.69, 9.17) is 9.47 Å².